The van der Waals surface area contributed by atoms with Gasteiger partial charge >= 0.3 is 0 Å². The average molecular weight is 328 g/mol. The van der Waals surface area contributed by atoms with E-state index in [1.165, 1.54) is 18.1 Å². The number of fused-ring (bicyclic) bond motifs is 1. The van der Waals surface area contributed by atoms with Crippen molar-refractivity contribution in [1.29, 1.82) is 0 Å². The highest BCUT2D eigenvalue weighted by molar-refractivity contribution is 7.99. The minimum atomic E-state index is -0.0653. The van der Waals surface area contributed by atoms with Gasteiger partial charge in [0.2, 0.25) is 11.7 Å². The smallest absolute Gasteiger partial charge is 0.240 e. The van der Waals surface area contributed by atoms with Crippen molar-refractivity contribution < 1.29 is 8.94 Å². The van der Waals surface area contributed by atoms with Gasteiger partial charge in [0, 0.05) is 7.05 Å². The zero-order chi connectivity index (χ0) is 15.8. The van der Waals surface area contributed by atoms with Crippen LogP contribution in [-0.2, 0) is 7.05 Å². The minimum Gasteiger partial charge on any atom is -0.461 e. The Morgan fingerprint density at radius 2 is 2.22 bits per heavy atom. The van der Waals surface area contributed by atoms with Crippen LogP contribution in [0.2, 0.25) is 0 Å². The summed E-state index contributed by atoms with van der Waals surface area (Å²) in [4.78, 5) is 12.9. The van der Waals surface area contributed by atoms with Gasteiger partial charge in [0.15, 0.2) is 11.4 Å². The molecule has 0 saturated heterocycles. The molecule has 0 N–H and O–H groups in total. The number of nitrogens with zero attached hydrogens (tertiary/aromatic N) is 6. The third-order valence-electron chi connectivity index (χ3n) is 3.31. The van der Waals surface area contributed by atoms with Crippen LogP contribution in [0.15, 0.2) is 44.9 Å². The lowest BCUT2D eigenvalue weighted by Crippen LogP contribution is -1.94. The molecule has 1 atom stereocenters. The summed E-state index contributed by atoms with van der Waals surface area (Å²) < 4.78 is 12.3. The molecule has 0 fully saturated rings. The molecule has 4 heterocycles. The lowest BCUT2D eigenvalue weighted by Gasteiger charge is -2.05. The standard InChI is InChI=1S/C14H12N6O2S/c1-8(13-18-11(19-22-13)10-4-3-5-21-10)23-14-9-6-17-20(2)12(9)15-7-16-14/h3-8H,1-2H3/t8-/m0/s1. The van der Waals surface area contributed by atoms with Crippen LogP contribution in [-0.4, -0.2) is 29.9 Å². The van der Waals surface area contributed by atoms with Crippen molar-refractivity contribution in [2.24, 2.45) is 7.05 Å². The molecule has 8 nitrogen and oxygen atoms in total. The van der Waals surface area contributed by atoms with Gasteiger partial charge in [-0.3, -0.25) is 4.68 Å². The summed E-state index contributed by atoms with van der Waals surface area (Å²) in [6.45, 7) is 1.98. The first-order chi connectivity index (χ1) is 11.2. The number of furan rings is 1. The van der Waals surface area contributed by atoms with Crippen molar-refractivity contribution in [2.75, 3.05) is 0 Å². The third-order valence-corrected chi connectivity index (χ3v) is 4.42. The van der Waals surface area contributed by atoms with E-state index in [-0.39, 0.29) is 5.25 Å². The van der Waals surface area contributed by atoms with Crippen LogP contribution in [0.5, 0.6) is 0 Å². The normalized spacial score (nSPS) is 12.8. The fourth-order valence-corrected chi connectivity index (χ4v) is 3.07. The third kappa shape index (κ3) is 2.48. The maximum absolute atomic E-state index is 5.33. The summed E-state index contributed by atoms with van der Waals surface area (Å²) in [6.07, 6.45) is 4.86. The van der Waals surface area contributed by atoms with E-state index in [1.54, 1.807) is 29.3 Å². The van der Waals surface area contributed by atoms with Crippen molar-refractivity contribution in [1.82, 2.24) is 29.9 Å². The largest absolute Gasteiger partial charge is 0.461 e. The van der Waals surface area contributed by atoms with Gasteiger partial charge in [-0.15, -0.1) is 0 Å². The molecule has 0 amide bonds. The summed E-state index contributed by atoms with van der Waals surface area (Å²) in [6, 6.07) is 3.57. The van der Waals surface area contributed by atoms with Crippen LogP contribution in [0, 0.1) is 0 Å². The van der Waals surface area contributed by atoms with Crippen molar-refractivity contribution in [2.45, 2.75) is 17.2 Å². The number of thioether (sulfide) groups is 1. The van der Waals surface area contributed by atoms with E-state index >= 15 is 0 Å². The van der Waals surface area contributed by atoms with E-state index in [0.717, 1.165) is 16.1 Å². The Kier molecular flexibility index (Phi) is 3.34. The van der Waals surface area contributed by atoms with E-state index in [9.17, 15) is 0 Å². The minimum absolute atomic E-state index is 0.0653. The zero-order valence-corrected chi connectivity index (χ0v) is 13.2. The summed E-state index contributed by atoms with van der Waals surface area (Å²) in [7, 11) is 1.85. The maximum Gasteiger partial charge on any atom is 0.240 e. The zero-order valence-electron chi connectivity index (χ0n) is 12.4. The number of rotatable bonds is 4. The van der Waals surface area contributed by atoms with E-state index < -0.39 is 0 Å². The van der Waals surface area contributed by atoms with Crippen molar-refractivity contribution >= 4 is 22.8 Å². The predicted octanol–water partition coefficient (Wildman–Crippen LogP) is 2.86. The van der Waals surface area contributed by atoms with Gasteiger partial charge in [0.05, 0.1) is 23.1 Å². The molecule has 0 radical (unpaired) electrons. The Labute approximate surface area is 134 Å². The highest BCUT2D eigenvalue weighted by atomic mass is 32.2. The molecule has 0 aliphatic carbocycles. The van der Waals surface area contributed by atoms with Crippen LogP contribution < -0.4 is 0 Å². The lowest BCUT2D eigenvalue weighted by molar-refractivity contribution is 0.379. The van der Waals surface area contributed by atoms with Crippen molar-refractivity contribution in [3.63, 3.8) is 0 Å². The first-order valence-corrected chi connectivity index (χ1v) is 7.77. The fourth-order valence-electron chi connectivity index (χ4n) is 2.16. The van der Waals surface area contributed by atoms with E-state index in [1.807, 2.05) is 14.0 Å². The first-order valence-electron chi connectivity index (χ1n) is 6.89. The maximum atomic E-state index is 5.33. The monoisotopic (exact) mass is 328 g/mol. The second-order valence-electron chi connectivity index (χ2n) is 4.88. The molecule has 4 aromatic heterocycles. The van der Waals surface area contributed by atoms with Crippen LogP contribution >= 0.6 is 11.8 Å². The Hall–Kier alpha value is -2.68. The average Bonchev–Trinajstić information content (AvgIpc) is 3.28. The Morgan fingerprint density at radius 3 is 3.04 bits per heavy atom. The summed E-state index contributed by atoms with van der Waals surface area (Å²) in [5.74, 6) is 1.53. The lowest BCUT2D eigenvalue weighted by atomic mass is 10.4. The molecule has 116 valence electrons. The molecule has 0 bridgehead atoms. The second kappa shape index (κ2) is 5.51. The van der Waals surface area contributed by atoms with E-state index in [2.05, 4.69) is 25.2 Å². The molecule has 0 aromatic carbocycles. The molecule has 0 saturated carbocycles. The summed E-state index contributed by atoms with van der Waals surface area (Å²) >= 11 is 1.52. The van der Waals surface area contributed by atoms with Gasteiger partial charge in [-0.2, -0.15) is 10.1 Å². The van der Waals surface area contributed by atoms with Gasteiger partial charge < -0.3 is 8.94 Å². The van der Waals surface area contributed by atoms with Gasteiger partial charge in [0.25, 0.3) is 0 Å². The Bertz CT molecular complexity index is 945. The van der Waals surface area contributed by atoms with Crippen LogP contribution in [0.25, 0.3) is 22.6 Å². The predicted molar refractivity (Wildman–Crippen MR) is 82.6 cm³/mol. The molecule has 0 spiro atoms. The molecule has 0 aliphatic rings. The molecule has 4 aromatic rings. The Morgan fingerprint density at radius 1 is 1.30 bits per heavy atom. The molecule has 0 unspecified atom stereocenters. The number of aromatic nitrogens is 6. The van der Waals surface area contributed by atoms with Crippen LogP contribution in [0.3, 0.4) is 0 Å². The summed E-state index contributed by atoms with van der Waals surface area (Å²) in [5, 5.41) is 9.82. The second-order valence-corrected chi connectivity index (χ2v) is 6.21. The summed E-state index contributed by atoms with van der Waals surface area (Å²) in [5.41, 5.74) is 0.788. The number of aryl methyl sites for hydroxylation is 1. The van der Waals surface area contributed by atoms with E-state index in [4.69, 9.17) is 8.94 Å². The van der Waals surface area contributed by atoms with Crippen LogP contribution in [0.1, 0.15) is 18.1 Å². The van der Waals surface area contributed by atoms with Crippen molar-refractivity contribution in [3.05, 3.63) is 36.8 Å². The van der Waals surface area contributed by atoms with Gasteiger partial charge in [0.1, 0.15) is 11.4 Å². The molecule has 4 rings (SSSR count). The van der Waals surface area contributed by atoms with Crippen LogP contribution in [0.4, 0.5) is 0 Å². The van der Waals surface area contributed by atoms with Gasteiger partial charge in [-0.1, -0.05) is 16.9 Å². The van der Waals surface area contributed by atoms with Gasteiger partial charge in [-0.25, -0.2) is 9.97 Å². The topological polar surface area (TPSA) is 95.7 Å². The molecule has 0 aliphatic heterocycles. The molecule has 9 heteroatoms. The number of hydrogen-bond acceptors (Lipinski definition) is 8. The fraction of sp³-hybridized carbons (Fsp3) is 0.214. The van der Waals surface area contributed by atoms with Gasteiger partial charge in [-0.05, 0) is 19.1 Å². The Balaban J connectivity index is 1.61. The van der Waals surface area contributed by atoms with E-state index in [0.29, 0.717) is 17.5 Å². The number of hydrogen-bond donors (Lipinski definition) is 0. The van der Waals surface area contributed by atoms with Crippen molar-refractivity contribution in [3.8, 4) is 11.6 Å². The molecular weight excluding hydrogens is 316 g/mol. The highest BCUT2D eigenvalue weighted by Gasteiger charge is 2.20. The highest BCUT2D eigenvalue weighted by Crippen LogP contribution is 2.36. The SMILES string of the molecule is C[C@H](Sc1ncnc2c1cnn2C)c1nc(-c2ccco2)no1. The molecule has 23 heavy (non-hydrogen) atoms. The quantitative estimate of drug-likeness (QED) is 0.417. The molecular formula is C14H12N6O2S. The first kappa shape index (κ1) is 13.9.